The number of thioether (sulfide) groups is 1. The zero-order chi connectivity index (χ0) is 15.9. The number of likely N-dealkylation sites (tertiary alicyclic amines) is 1. The first-order chi connectivity index (χ1) is 11.3. The summed E-state index contributed by atoms with van der Waals surface area (Å²) in [6.07, 6.45) is 1.06. The molecule has 4 heteroatoms. The summed E-state index contributed by atoms with van der Waals surface area (Å²) < 4.78 is 5.74. The molecule has 1 fully saturated rings. The minimum Gasteiger partial charge on any atom is -0.492 e. The molecular formula is C19H21NO2S. The van der Waals surface area contributed by atoms with Gasteiger partial charge in [-0.2, -0.15) is 0 Å². The van der Waals surface area contributed by atoms with Gasteiger partial charge in [-0.1, -0.05) is 60.3 Å². The summed E-state index contributed by atoms with van der Waals surface area (Å²) in [7, 11) is 0. The average Bonchev–Trinajstić information content (AvgIpc) is 3.04. The molecule has 0 saturated carbocycles. The first-order valence-corrected chi connectivity index (χ1v) is 8.85. The van der Waals surface area contributed by atoms with Crippen LogP contribution in [0.5, 0.6) is 5.75 Å². The van der Waals surface area contributed by atoms with Crippen molar-refractivity contribution in [3.05, 3.63) is 66.2 Å². The molecule has 1 aliphatic heterocycles. The van der Waals surface area contributed by atoms with E-state index in [4.69, 9.17) is 4.74 Å². The third-order valence-corrected chi connectivity index (χ3v) is 5.10. The van der Waals surface area contributed by atoms with Crippen molar-refractivity contribution in [2.24, 2.45) is 0 Å². The van der Waals surface area contributed by atoms with E-state index in [1.807, 2.05) is 60.7 Å². The number of benzene rings is 2. The Labute approximate surface area is 141 Å². The van der Waals surface area contributed by atoms with Crippen molar-refractivity contribution >= 4 is 16.9 Å². The van der Waals surface area contributed by atoms with E-state index in [2.05, 4.69) is 4.90 Å². The van der Waals surface area contributed by atoms with Crippen LogP contribution in [0.1, 0.15) is 16.8 Å². The van der Waals surface area contributed by atoms with Crippen LogP contribution in [0.15, 0.2) is 60.7 Å². The molecule has 2 aromatic rings. The van der Waals surface area contributed by atoms with Gasteiger partial charge in [-0.05, 0) is 25.1 Å². The zero-order valence-corrected chi connectivity index (χ0v) is 13.9. The second-order valence-electron chi connectivity index (χ2n) is 5.64. The van der Waals surface area contributed by atoms with Crippen LogP contribution < -0.4 is 4.74 Å². The van der Waals surface area contributed by atoms with Crippen molar-refractivity contribution in [1.29, 1.82) is 0 Å². The Morgan fingerprint density at radius 2 is 1.78 bits per heavy atom. The maximum Gasteiger partial charge on any atom is 0.219 e. The lowest BCUT2D eigenvalue weighted by molar-refractivity contribution is 0.108. The van der Waals surface area contributed by atoms with Gasteiger partial charge in [-0.3, -0.25) is 9.69 Å². The molecule has 0 amide bonds. The van der Waals surface area contributed by atoms with Crippen molar-refractivity contribution < 1.29 is 9.53 Å². The summed E-state index contributed by atoms with van der Waals surface area (Å²) >= 11 is 1.47. The summed E-state index contributed by atoms with van der Waals surface area (Å²) in [6.45, 7) is 3.60. The summed E-state index contributed by atoms with van der Waals surface area (Å²) in [6, 6.07) is 19.4. The normalized spacial score (nSPS) is 18.0. The number of nitrogens with zero attached hydrogens (tertiary/aromatic N) is 1. The number of hydrogen-bond donors (Lipinski definition) is 0. The summed E-state index contributed by atoms with van der Waals surface area (Å²) in [5, 5.41) is 0.567. The molecule has 0 spiro atoms. The Bertz CT molecular complexity index is 618. The Morgan fingerprint density at radius 3 is 2.52 bits per heavy atom. The lowest BCUT2D eigenvalue weighted by Crippen LogP contribution is -2.26. The highest BCUT2D eigenvalue weighted by Gasteiger charge is 2.25. The molecule has 0 aromatic heterocycles. The van der Waals surface area contributed by atoms with Crippen molar-refractivity contribution in [2.45, 2.75) is 11.7 Å². The van der Waals surface area contributed by atoms with Crippen LogP contribution in [0.2, 0.25) is 0 Å². The van der Waals surface area contributed by atoms with Gasteiger partial charge >= 0.3 is 0 Å². The molecule has 0 N–H and O–H groups in total. The molecule has 0 aliphatic carbocycles. The molecular weight excluding hydrogens is 306 g/mol. The molecule has 23 heavy (non-hydrogen) atoms. The third-order valence-electron chi connectivity index (χ3n) is 3.93. The average molecular weight is 327 g/mol. The maximum absolute atomic E-state index is 12.2. The maximum atomic E-state index is 12.2. The van der Waals surface area contributed by atoms with Crippen LogP contribution in [-0.2, 0) is 0 Å². The Morgan fingerprint density at radius 1 is 1.09 bits per heavy atom. The second kappa shape index (κ2) is 8.18. The zero-order valence-electron chi connectivity index (χ0n) is 13.1. The Balaban J connectivity index is 1.39. The van der Waals surface area contributed by atoms with Crippen molar-refractivity contribution in [3.63, 3.8) is 0 Å². The summed E-state index contributed by atoms with van der Waals surface area (Å²) in [5.74, 6) is 0.914. The fraction of sp³-hybridized carbons (Fsp3) is 0.316. The highest BCUT2D eigenvalue weighted by atomic mass is 32.2. The van der Waals surface area contributed by atoms with Crippen molar-refractivity contribution in [3.8, 4) is 5.75 Å². The second-order valence-corrected chi connectivity index (χ2v) is 6.92. The van der Waals surface area contributed by atoms with Crippen LogP contribution in [0.25, 0.3) is 0 Å². The predicted molar refractivity (Wildman–Crippen MR) is 95.1 cm³/mol. The minimum atomic E-state index is 0.179. The fourth-order valence-electron chi connectivity index (χ4n) is 2.70. The van der Waals surface area contributed by atoms with Crippen LogP contribution in [0, 0.1) is 0 Å². The van der Waals surface area contributed by atoms with Gasteiger partial charge in [0, 0.05) is 23.9 Å². The largest absolute Gasteiger partial charge is 0.492 e. The first-order valence-electron chi connectivity index (χ1n) is 7.97. The van der Waals surface area contributed by atoms with E-state index < -0.39 is 0 Å². The standard InChI is InChI=1S/C19H21NO2S/c21-19(16-7-3-1-4-8-16)23-18-11-12-20(15-18)13-14-22-17-9-5-2-6-10-17/h1-10,18H,11-15H2/t18-/m0/s1. The molecule has 1 aliphatic rings. The van der Waals surface area contributed by atoms with Gasteiger partial charge in [0.1, 0.15) is 12.4 Å². The number of rotatable bonds is 6. The van der Waals surface area contributed by atoms with Crippen molar-refractivity contribution in [1.82, 2.24) is 4.90 Å². The van der Waals surface area contributed by atoms with E-state index >= 15 is 0 Å². The first kappa shape index (κ1) is 16.1. The van der Waals surface area contributed by atoms with E-state index in [0.717, 1.165) is 37.4 Å². The molecule has 3 rings (SSSR count). The van der Waals surface area contributed by atoms with E-state index in [-0.39, 0.29) is 5.12 Å². The number of ether oxygens (including phenoxy) is 1. The van der Waals surface area contributed by atoms with Crippen molar-refractivity contribution in [2.75, 3.05) is 26.2 Å². The number of carbonyl (C=O) groups excluding carboxylic acids is 1. The quantitative estimate of drug-likeness (QED) is 0.809. The van der Waals surface area contributed by atoms with Gasteiger partial charge in [0.2, 0.25) is 5.12 Å². The molecule has 1 heterocycles. The highest BCUT2D eigenvalue weighted by Crippen LogP contribution is 2.25. The van der Waals surface area contributed by atoms with Crippen LogP contribution in [0.4, 0.5) is 0 Å². The topological polar surface area (TPSA) is 29.5 Å². The van der Waals surface area contributed by atoms with Gasteiger partial charge in [0.05, 0.1) is 0 Å². The Kier molecular flexibility index (Phi) is 5.72. The fourth-order valence-corrected chi connectivity index (χ4v) is 3.78. The van der Waals surface area contributed by atoms with Gasteiger partial charge in [0.25, 0.3) is 0 Å². The minimum absolute atomic E-state index is 0.179. The van der Waals surface area contributed by atoms with Gasteiger partial charge < -0.3 is 4.74 Å². The van der Waals surface area contributed by atoms with E-state index in [9.17, 15) is 4.79 Å². The molecule has 0 unspecified atom stereocenters. The third kappa shape index (κ3) is 4.85. The molecule has 2 aromatic carbocycles. The molecule has 1 atom stereocenters. The Hall–Kier alpha value is -1.78. The number of para-hydroxylation sites is 1. The molecule has 120 valence electrons. The van der Waals surface area contributed by atoms with Crippen LogP contribution in [-0.4, -0.2) is 41.5 Å². The van der Waals surface area contributed by atoms with E-state index in [0.29, 0.717) is 11.9 Å². The van der Waals surface area contributed by atoms with Gasteiger partial charge in [0.15, 0.2) is 0 Å². The van der Waals surface area contributed by atoms with E-state index in [1.165, 1.54) is 11.8 Å². The van der Waals surface area contributed by atoms with E-state index in [1.54, 1.807) is 0 Å². The number of hydrogen-bond acceptors (Lipinski definition) is 4. The van der Waals surface area contributed by atoms with Crippen LogP contribution >= 0.6 is 11.8 Å². The predicted octanol–water partition coefficient (Wildman–Crippen LogP) is 3.71. The molecule has 3 nitrogen and oxygen atoms in total. The monoisotopic (exact) mass is 327 g/mol. The molecule has 0 bridgehead atoms. The molecule has 1 saturated heterocycles. The summed E-state index contributed by atoms with van der Waals surface area (Å²) in [5.41, 5.74) is 0.795. The summed E-state index contributed by atoms with van der Waals surface area (Å²) in [4.78, 5) is 14.6. The lowest BCUT2D eigenvalue weighted by atomic mass is 10.2. The lowest BCUT2D eigenvalue weighted by Gasteiger charge is -2.16. The SMILES string of the molecule is O=C(S[C@H]1CCN(CCOc2ccccc2)C1)c1ccccc1. The highest BCUT2D eigenvalue weighted by molar-refractivity contribution is 8.14. The van der Waals surface area contributed by atoms with Gasteiger partial charge in [-0.25, -0.2) is 0 Å². The number of carbonyl (C=O) groups is 1. The molecule has 0 radical (unpaired) electrons. The van der Waals surface area contributed by atoms with Gasteiger partial charge in [-0.15, -0.1) is 0 Å². The van der Waals surface area contributed by atoms with Crippen LogP contribution in [0.3, 0.4) is 0 Å². The smallest absolute Gasteiger partial charge is 0.219 e.